The molecule has 134 valence electrons. The molecular formula is C19H29ClN2O2. The number of hydrogen-bond acceptors (Lipinski definition) is 3. The van der Waals surface area contributed by atoms with Gasteiger partial charge in [0.05, 0.1) is 11.5 Å². The molecule has 1 aromatic carbocycles. The Hall–Kier alpha value is -1.26. The molecule has 2 aliphatic carbocycles. The van der Waals surface area contributed by atoms with Crippen LogP contribution in [0.2, 0.25) is 0 Å². The van der Waals surface area contributed by atoms with Crippen molar-refractivity contribution in [1.82, 2.24) is 5.32 Å². The second kappa shape index (κ2) is 8.21. The monoisotopic (exact) mass is 352 g/mol. The van der Waals surface area contributed by atoms with E-state index in [0.29, 0.717) is 6.61 Å². The van der Waals surface area contributed by atoms with Crippen LogP contribution in [-0.2, 0) is 16.0 Å². The number of anilines is 1. The van der Waals surface area contributed by atoms with Crippen molar-refractivity contribution in [2.24, 2.45) is 5.41 Å². The summed E-state index contributed by atoms with van der Waals surface area (Å²) in [7, 11) is 1.71. The van der Waals surface area contributed by atoms with Gasteiger partial charge in [0.2, 0.25) is 5.91 Å². The number of benzene rings is 1. The van der Waals surface area contributed by atoms with E-state index in [9.17, 15) is 4.79 Å². The van der Waals surface area contributed by atoms with Crippen LogP contribution in [0.15, 0.2) is 18.2 Å². The van der Waals surface area contributed by atoms with Crippen molar-refractivity contribution in [3.05, 3.63) is 29.3 Å². The number of fused-ring (bicyclic) bond motifs is 1. The zero-order chi connectivity index (χ0) is 16.3. The third-order valence-corrected chi connectivity index (χ3v) is 5.61. The molecule has 1 saturated carbocycles. The van der Waals surface area contributed by atoms with Gasteiger partial charge in [-0.2, -0.15) is 0 Å². The van der Waals surface area contributed by atoms with Crippen LogP contribution in [0.3, 0.4) is 0 Å². The van der Waals surface area contributed by atoms with Crippen molar-refractivity contribution in [2.75, 3.05) is 19.5 Å². The van der Waals surface area contributed by atoms with Crippen molar-refractivity contribution < 1.29 is 9.53 Å². The van der Waals surface area contributed by atoms with Crippen LogP contribution in [0.1, 0.15) is 62.1 Å². The molecule has 0 heterocycles. The first-order valence-electron chi connectivity index (χ1n) is 8.83. The van der Waals surface area contributed by atoms with Crippen molar-refractivity contribution in [3.8, 4) is 0 Å². The molecule has 1 aromatic rings. The van der Waals surface area contributed by atoms with E-state index in [1.165, 1.54) is 11.1 Å². The van der Waals surface area contributed by atoms with Crippen LogP contribution in [0, 0.1) is 5.41 Å². The first kappa shape index (κ1) is 19.1. The summed E-state index contributed by atoms with van der Waals surface area (Å²) < 4.78 is 5.24. The summed E-state index contributed by atoms with van der Waals surface area (Å²) in [6.07, 6.45) is 8.28. The van der Waals surface area contributed by atoms with Gasteiger partial charge in [0.1, 0.15) is 0 Å². The fourth-order valence-corrected chi connectivity index (χ4v) is 4.24. The first-order valence-corrected chi connectivity index (χ1v) is 8.83. The van der Waals surface area contributed by atoms with E-state index in [4.69, 9.17) is 10.5 Å². The summed E-state index contributed by atoms with van der Waals surface area (Å²) in [6, 6.07) is 6.22. The van der Waals surface area contributed by atoms with E-state index in [-0.39, 0.29) is 29.8 Å². The first-order chi connectivity index (χ1) is 11.1. The van der Waals surface area contributed by atoms with Gasteiger partial charge in [0.25, 0.3) is 0 Å². The highest BCUT2D eigenvalue weighted by molar-refractivity contribution is 5.85. The topological polar surface area (TPSA) is 64.3 Å². The maximum absolute atomic E-state index is 13.0. The predicted octanol–water partition coefficient (Wildman–Crippen LogP) is 3.78. The number of ether oxygens (including phenoxy) is 1. The highest BCUT2D eigenvalue weighted by Gasteiger charge is 2.41. The van der Waals surface area contributed by atoms with E-state index < -0.39 is 0 Å². The molecule has 2 aliphatic rings. The van der Waals surface area contributed by atoms with Crippen LogP contribution >= 0.6 is 12.4 Å². The maximum atomic E-state index is 13.0. The van der Waals surface area contributed by atoms with Gasteiger partial charge in [-0.25, -0.2) is 0 Å². The molecule has 5 heteroatoms. The molecule has 0 radical (unpaired) electrons. The van der Waals surface area contributed by atoms with Crippen LogP contribution in [0.25, 0.3) is 0 Å². The number of hydrogen-bond donors (Lipinski definition) is 2. The number of aryl methyl sites for hydroxylation is 1. The number of amides is 1. The number of nitrogen functional groups attached to an aromatic ring is 1. The van der Waals surface area contributed by atoms with E-state index in [0.717, 1.165) is 57.1 Å². The number of carbonyl (C=O) groups is 1. The van der Waals surface area contributed by atoms with Crippen LogP contribution < -0.4 is 11.1 Å². The molecule has 0 bridgehead atoms. The third kappa shape index (κ3) is 3.86. The van der Waals surface area contributed by atoms with Gasteiger partial charge >= 0.3 is 0 Å². The molecule has 3 N–H and O–H groups in total. The standard InChI is InChI=1S/C19H28N2O2.ClH/c1-23-12-11-19(9-2-3-10-19)18(22)21-17-6-4-5-14-13-15(20)7-8-16(14)17;/h7-8,13,17H,2-6,9-12,20H2,1H3,(H,21,22);1H. The second-order valence-electron chi connectivity index (χ2n) is 7.11. The van der Waals surface area contributed by atoms with Crippen molar-refractivity contribution in [3.63, 3.8) is 0 Å². The van der Waals surface area contributed by atoms with Gasteiger partial charge in [-0.05, 0) is 61.8 Å². The molecule has 4 nitrogen and oxygen atoms in total. The normalized spacial score (nSPS) is 21.6. The largest absolute Gasteiger partial charge is 0.399 e. The van der Waals surface area contributed by atoms with Crippen LogP contribution in [0.5, 0.6) is 0 Å². The molecule has 1 amide bonds. The Bertz CT molecular complexity index is 570. The lowest BCUT2D eigenvalue weighted by atomic mass is 9.80. The number of rotatable bonds is 5. The number of halogens is 1. The zero-order valence-electron chi connectivity index (χ0n) is 14.5. The minimum Gasteiger partial charge on any atom is -0.399 e. The zero-order valence-corrected chi connectivity index (χ0v) is 15.3. The lowest BCUT2D eigenvalue weighted by molar-refractivity contribution is -0.132. The predicted molar refractivity (Wildman–Crippen MR) is 99.3 cm³/mol. The lowest BCUT2D eigenvalue weighted by Crippen LogP contribution is -2.42. The molecule has 0 aliphatic heterocycles. The van der Waals surface area contributed by atoms with Crippen molar-refractivity contribution >= 4 is 24.0 Å². The Balaban J connectivity index is 0.00000208. The average molecular weight is 353 g/mol. The van der Waals surface area contributed by atoms with Crippen molar-refractivity contribution in [1.29, 1.82) is 0 Å². The molecule has 1 atom stereocenters. The maximum Gasteiger partial charge on any atom is 0.226 e. The highest BCUT2D eigenvalue weighted by Crippen LogP contribution is 2.42. The summed E-state index contributed by atoms with van der Waals surface area (Å²) >= 11 is 0. The van der Waals surface area contributed by atoms with Crippen LogP contribution in [0.4, 0.5) is 5.69 Å². The molecule has 24 heavy (non-hydrogen) atoms. The molecule has 1 unspecified atom stereocenters. The summed E-state index contributed by atoms with van der Waals surface area (Å²) in [5.74, 6) is 0.224. The highest BCUT2D eigenvalue weighted by atomic mass is 35.5. The van der Waals surface area contributed by atoms with Gasteiger partial charge < -0.3 is 15.8 Å². The van der Waals surface area contributed by atoms with E-state index in [1.807, 2.05) is 6.07 Å². The smallest absolute Gasteiger partial charge is 0.226 e. The summed E-state index contributed by atoms with van der Waals surface area (Å²) in [5.41, 5.74) is 9.03. The third-order valence-electron chi connectivity index (χ3n) is 5.61. The number of carbonyl (C=O) groups excluding carboxylic acids is 1. The summed E-state index contributed by atoms with van der Waals surface area (Å²) in [5, 5.41) is 3.35. The fraction of sp³-hybridized carbons (Fsp3) is 0.632. The Morgan fingerprint density at radius 2 is 2.08 bits per heavy atom. The minimum atomic E-state index is -0.221. The second-order valence-corrected chi connectivity index (χ2v) is 7.11. The molecular weight excluding hydrogens is 324 g/mol. The van der Waals surface area contributed by atoms with Crippen molar-refractivity contribution in [2.45, 2.75) is 57.4 Å². The van der Waals surface area contributed by atoms with Crippen LogP contribution in [-0.4, -0.2) is 19.6 Å². The number of methoxy groups -OCH3 is 1. The Morgan fingerprint density at radius 1 is 1.33 bits per heavy atom. The Kier molecular flexibility index (Phi) is 6.53. The molecule has 1 fully saturated rings. The number of nitrogens with one attached hydrogen (secondary N) is 1. The van der Waals surface area contributed by atoms with E-state index >= 15 is 0 Å². The SMILES string of the molecule is COCCC1(C(=O)NC2CCCc3cc(N)ccc32)CCCC1.Cl. The van der Waals surface area contributed by atoms with Gasteiger partial charge in [-0.15, -0.1) is 12.4 Å². The minimum absolute atomic E-state index is 0. The van der Waals surface area contributed by atoms with Gasteiger partial charge in [0.15, 0.2) is 0 Å². The Morgan fingerprint density at radius 3 is 2.79 bits per heavy atom. The Labute approximate surface area is 150 Å². The molecule has 3 rings (SSSR count). The fourth-order valence-electron chi connectivity index (χ4n) is 4.24. The van der Waals surface area contributed by atoms with E-state index in [1.54, 1.807) is 7.11 Å². The number of nitrogens with two attached hydrogens (primary N) is 1. The van der Waals surface area contributed by atoms with Gasteiger partial charge in [-0.3, -0.25) is 4.79 Å². The van der Waals surface area contributed by atoms with Gasteiger partial charge in [-0.1, -0.05) is 18.9 Å². The van der Waals surface area contributed by atoms with E-state index in [2.05, 4.69) is 17.4 Å². The van der Waals surface area contributed by atoms with Gasteiger partial charge in [0, 0.05) is 19.4 Å². The summed E-state index contributed by atoms with van der Waals surface area (Å²) in [6.45, 7) is 0.658. The average Bonchev–Trinajstić information content (AvgIpc) is 3.03. The summed E-state index contributed by atoms with van der Waals surface area (Å²) in [4.78, 5) is 13.0. The molecule has 0 saturated heterocycles. The molecule has 0 aromatic heterocycles. The quantitative estimate of drug-likeness (QED) is 0.792. The lowest BCUT2D eigenvalue weighted by Gasteiger charge is -2.33. The molecule has 0 spiro atoms.